The van der Waals surface area contributed by atoms with E-state index in [2.05, 4.69) is 45.5 Å². The first kappa shape index (κ1) is 17.6. The van der Waals surface area contributed by atoms with Crippen molar-refractivity contribution in [2.24, 2.45) is 16.8 Å². The molecule has 0 amide bonds. The van der Waals surface area contributed by atoms with Crippen molar-refractivity contribution in [2.75, 3.05) is 26.7 Å². The molecule has 1 unspecified atom stereocenters. The molecule has 0 aromatic heterocycles. The molecule has 1 aromatic rings. The number of rotatable bonds is 5. The molecule has 3 rings (SSSR count). The van der Waals surface area contributed by atoms with Crippen LogP contribution in [-0.2, 0) is 6.42 Å². The van der Waals surface area contributed by atoms with Gasteiger partial charge in [-0.1, -0.05) is 43.2 Å². The molecule has 1 atom stereocenters. The van der Waals surface area contributed by atoms with Gasteiger partial charge >= 0.3 is 0 Å². The molecule has 0 radical (unpaired) electrons. The Morgan fingerprint density at radius 1 is 1.18 bits per heavy atom. The van der Waals surface area contributed by atoms with E-state index < -0.39 is 0 Å². The molecule has 4 heteroatoms. The molecule has 1 aliphatic carbocycles. The van der Waals surface area contributed by atoms with Crippen LogP contribution in [0.15, 0.2) is 35.3 Å². The van der Waals surface area contributed by atoms with Crippen molar-refractivity contribution in [1.29, 1.82) is 0 Å². The zero-order chi connectivity index (χ0) is 14.5. The van der Waals surface area contributed by atoms with Crippen LogP contribution in [0.25, 0.3) is 0 Å². The lowest BCUT2D eigenvalue weighted by molar-refractivity contribution is 0.458. The molecule has 2 fully saturated rings. The Morgan fingerprint density at radius 2 is 1.95 bits per heavy atom. The van der Waals surface area contributed by atoms with Crippen molar-refractivity contribution in [2.45, 2.75) is 32.1 Å². The van der Waals surface area contributed by atoms with Gasteiger partial charge in [0.15, 0.2) is 5.96 Å². The Labute approximate surface area is 151 Å². The van der Waals surface area contributed by atoms with Crippen LogP contribution in [0.1, 0.15) is 31.2 Å². The summed E-state index contributed by atoms with van der Waals surface area (Å²) in [6.45, 7) is 3.36. The van der Waals surface area contributed by atoms with Gasteiger partial charge in [0, 0.05) is 26.7 Å². The van der Waals surface area contributed by atoms with Crippen molar-refractivity contribution in [1.82, 2.24) is 10.2 Å². The van der Waals surface area contributed by atoms with Crippen LogP contribution in [-0.4, -0.2) is 37.5 Å². The summed E-state index contributed by atoms with van der Waals surface area (Å²) < 4.78 is 0. The third-order valence-electron chi connectivity index (χ3n) is 4.70. The quantitative estimate of drug-likeness (QED) is 0.454. The Kier molecular flexibility index (Phi) is 6.99. The molecular weight excluding hydrogens is 385 g/mol. The van der Waals surface area contributed by atoms with Crippen LogP contribution in [0.4, 0.5) is 0 Å². The van der Waals surface area contributed by atoms with Crippen molar-refractivity contribution in [3.8, 4) is 0 Å². The topological polar surface area (TPSA) is 27.6 Å². The van der Waals surface area contributed by atoms with Gasteiger partial charge in [-0.15, -0.1) is 24.0 Å². The minimum Gasteiger partial charge on any atom is -0.356 e. The van der Waals surface area contributed by atoms with Gasteiger partial charge in [0.05, 0.1) is 0 Å². The van der Waals surface area contributed by atoms with Crippen LogP contribution in [0, 0.1) is 11.8 Å². The molecule has 3 nitrogen and oxygen atoms in total. The predicted octanol–water partition coefficient (Wildman–Crippen LogP) is 3.54. The molecule has 1 saturated carbocycles. The second-order valence-corrected chi connectivity index (χ2v) is 6.50. The third kappa shape index (κ3) is 5.14. The molecule has 1 saturated heterocycles. The van der Waals surface area contributed by atoms with Crippen LogP contribution in [0.2, 0.25) is 0 Å². The van der Waals surface area contributed by atoms with Gasteiger partial charge in [-0.05, 0) is 36.7 Å². The van der Waals surface area contributed by atoms with Gasteiger partial charge in [-0.2, -0.15) is 0 Å². The summed E-state index contributed by atoms with van der Waals surface area (Å²) in [5.41, 5.74) is 1.46. The van der Waals surface area contributed by atoms with Gasteiger partial charge in [-0.3, -0.25) is 4.99 Å². The van der Waals surface area contributed by atoms with Gasteiger partial charge in [0.25, 0.3) is 0 Å². The molecule has 22 heavy (non-hydrogen) atoms. The lowest BCUT2D eigenvalue weighted by Gasteiger charge is -2.21. The number of hydrogen-bond acceptors (Lipinski definition) is 1. The minimum absolute atomic E-state index is 0. The van der Waals surface area contributed by atoms with E-state index in [0.717, 1.165) is 37.4 Å². The highest BCUT2D eigenvalue weighted by molar-refractivity contribution is 14.0. The second kappa shape index (κ2) is 8.75. The fourth-order valence-corrected chi connectivity index (χ4v) is 3.27. The zero-order valence-corrected chi connectivity index (χ0v) is 15.8. The average molecular weight is 413 g/mol. The van der Waals surface area contributed by atoms with E-state index in [1.54, 1.807) is 0 Å². The average Bonchev–Trinajstić information content (AvgIpc) is 3.23. The smallest absolute Gasteiger partial charge is 0.193 e. The number of likely N-dealkylation sites (tertiary alicyclic amines) is 1. The van der Waals surface area contributed by atoms with Gasteiger partial charge in [0.1, 0.15) is 0 Å². The monoisotopic (exact) mass is 413 g/mol. The Morgan fingerprint density at radius 3 is 2.64 bits per heavy atom. The molecule has 0 spiro atoms. The number of benzene rings is 1. The number of guanidine groups is 1. The van der Waals surface area contributed by atoms with Crippen LogP contribution in [0.3, 0.4) is 0 Å². The predicted molar refractivity (Wildman–Crippen MR) is 104 cm³/mol. The van der Waals surface area contributed by atoms with Crippen molar-refractivity contribution >= 4 is 29.9 Å². The molecule has 1 heterocycles. The fourth-order valence-electron chi connectivity index (χ4n) is 3.27. The normalized spacial score (nSPS) is 21.6. The summed E-state index contributed by atoms with van der Waals surface area (Å²) in [4.78, 5) is 6.89. The first-order chi connectivity index (χ1) is 10.3. The highest BCUT2D eigenvalue weighted by atomic mass is 127. The summed E-state index contributed by atoms with van der Waals surface area (Å²) >= 11 is 0. The molecule has 122 valence electrons. The summed E-state index contributed by atoms with van der Waals surface area (Å²) in [7, 11) is 1.91. The van der Waals surface area contributed by atoms with Gasteiger partial charge in [-0.25, -0.2) is 0 Å². The second-order valence-electron chi connectivity index (χ2n) is 6.50. The minimum atomic E-state index is 0. The number of hydrogen-bond donors (Lipinski definition) is 1. The summed E-state index contributed by atoms with van der Waals surface area (Å²) in [5, 5.41) is 3.54. The van der Waals surface area contributed by atoms with Gasteiger partial charge in [0.2, 0.25) is 0 Å². The van der Waals surface area contributed by atoms with E-state index in [9.17, 15) is 0 Å². The van der Waals surface area contributed by atoms with E-state index in [1.807, 2.05) is 7.05 Å². The van der Waals surface area contributed by atoms with E-state index >= 15 is 0 Å². The first-order valence-corrected chi connectivity index (χ1v) is 8.34. The summed E-state index contributed by atoms with van der Waals surface area (Å²) in [6.07, 6.45) is 6.64. The maximum absolute atomic E-state index is 4.46. The van der Waals surface area contributed by atoms with Crippen LogP contribution in [0.5, 0.6) is 0 Å². The Hall–Kier alpha value is -0.780. The summed E-state index contributed by atoms with van der Waals surface area (Å²) in [5.74, 6) is 2.85. The number of halogens is 1. The number of nitrogens with zero attached hydrogens (tertiary/aromatic N) is 2. The Bertz CT molecular complexity index is 470. The highest BCUT2D eigenvalue weighted by Crippen LogP contribution is 2.31. The van der Waals surface area contributed by atoms with E-state index in [-0.39, 0.29) is 24.0 Å². The van der Waals surface area contributed by atoms with Gasteiger partial charge < -0.3 is 10.2 Å². The number of nitrogens with one attached hydrogen (secondary N) is 1. The maximum Gasteiger partial charge on any atom is 0.193 e. The molecule has 1 aromatic carbocycles. The highest BCUT2D eigenvalue weighted by Gasteiger charge is 2.25. The molecule has 2 aliphatic rings. The lowest BCUT2D eigenvalue weighted by atomic mass is 9.99. The molecular formula is C18H28IN3. The standard InChI is InChI=1S/C18H27N3.HI/c1-19-18(20-11-9-15-7-8-15)21-12-10-17(14-21)13-16-5-3-2-4-6-16;/h2-6,15,17H,7-14H2,1H3,(H,19,20);1H. The van der Waals surface area contributed by atoms with Crippen molar-refractivity contribution in [3.63, 3.8) is 0 Å². The maximum atomic E-state index is 4.46. The SMILES string of the molecule is CN=C(NCCC1CC1)N1CCC(Cc2ccccc2)C1.I. The molecule has 1 aliphatic heterocycles. The fraction of sp³-hybridized carbons (Fsp3) is 0.611. The number of aliphatic imine (C=N–C) groups is 1. The van der Waals surface area contributed by atoms with E-state index in [4.69, 9.17) is 0 Å². The van der Waals surface area contributed by atoms with Crippen molar-refractivity contribution in [3.05, 3.63) is 35.9 Å². The zero-order valence-electron chi connectivity index (χ0n) is 13.5. The first-order valence-electron chi connectivity index (χ1n) is 8.34. The molecule has 0 bridgehead atoms. The summed E-state index contributed by atoms with van der Waals surface area (Å²) in [6, 6.07) is 10.9. The van der Waals surface area contributed by atoms with Crippen LogP contribution >= 0.6 is 24.0 Å². The Balaban J connectivity index is 0.00000176. The van der Waals surface area contributed by atoms with E-state index in [1.165, 1.54) is 37.7 Å². The molecule has 1 N–H and O–H groups in total. The largest absolute Gasteiger partial charge is 0.356 e. The third-order valence-corrected chi connectivity index (χ3v) is 4.70. The van der Waals surface area contributed by atoms with Crippen LogP contribution < -0.4 is 5.32 Å². The van der Waals surface area contributed by atoms with E-state index in [0.29, 0.717) is 0 Å². The van der Waals surface area contributed by atoms with Crippen molar-refractivity contribution < 1.29 is 0 Å². The lowest BCUT2D eigenvalue weighted by Crippen LogP contribution is -2.40.